The Hall–Kier alpha value is -3.57. The van der Waals surface area contributed by atoms with E-state index >= 15 is 0 Å². The number of carbonyl (C=O) groups is 2. The smallest absolute Gasteiger partial charge is 0.295 e. The fourth-order valence-electron chi connectivity index (χ4n) is 3.77. The highest BCUT2D eigenvalue weighted by Crippen LogP contribution is 2.39. The van der Waals surface area contributed by atoms with Gasteiger partial charge in [-0.1, -0.05) is 66.2 Å². The summed E-state index contributed by atoms with van der Waals surface area (Å²) in [5, 5.41) is 21.0. The van der Waals surface area contributed by atoms with Crippen LogP contribution in [-0.4, -0.2) is 33.3 Å². The zero-order valence-corrected chi connectivity index (χ0v) is 17.3. The third kappa shape index (κ3) is 4.18. The highest BCUT2D eigenvalue weighted by atomic mass is 35.5. The van der Waals surface area contributed by atoms with E-state index < -0.39 is 17.7 Å². The maximum atomic E-state index is 13.0. The number of carbonyl (C=O) groups excluding carboxylic acids is 2. The number of phenolic OH excluding ortho intramolecular Hbond substituents is 1. The molecule has 1 saturated heterocycles. The van der Waals surface area contributed by atoms with Crippen LogP contribution >= 0.6 is 11.6 Å². The molecule has 0 aromatic heterocycles. The molecule has 3 aromatic rings. The first-order valence-corrected chi connectivity index (χ1v) is 10.2. The summed E-state index contributed by atoms with van der Waals surface area (Å²) in [6, 6.07) is 21.6. The summed E-state index contributed by atoms with van der Waals surface area (Å²) in [5.74, 6) is -1.41. The molecule has 1 atom stereocenters. The van der Waals surface area contributed by atoms with E-state index in [4.69, 9.17) is 11.6 Å². The fraction of sp³-hybridized carbons (Fsp3) is 0.120. The second-order valence-corrected chi connectivity index (χ2v) is 7.76. The lowest BCUT2D eigenvalue weighted by atomic mass is 9.95. The molecule has 1 aliphatic rings. The molecule has 0 radical (unpaired) electrons. The highest BCUT2D eigenvalue weighted by molar-refractivity contribution is 6.46. The minimum atomic E-state index is -0.727. The molecule has 5 nitrogen and oxygen atoms in total. The molecule has 4 rings (SSSR count). The minimum Gasteiger partial charge on any atom is -0.508 e. The maximum Gasteiger partial charge on any atom is 0.295 e. The van der Waals surface area contributed by atoms with E-state index in [1.165, 1.54) is 4.90 Å². The van der Waals surface area contributed by atoms with E-state index in [0.29, 0.717) is 22.6 Å². The van der Waals surface area contributed by atoms with E-state index in [1.54, 1.807) is 72.8 Å². The van der Waals surface area contributed by atoms with Gasteiger partial charge >= 0.3 is 0 Å². The van der Waals surface area contributed by atoms with Crippen molar-refractivity contribution in [2.75, 3.05) is 6.54 Å². The van der Waals surface area contributed by atoms with Gasteiger partial charge in [0.2, 0.25) is 0 Å². The van der Waals surface area contributed by atoms with Crippen LogP contribution in [-0.2, 0) is 16.0 Å². The van der Waals surface area contributed by atoms with Gasteiger partial charge in [-0.05, 0) is 41.8 Å². The standard InChI is InChI=1S/C25H20ClNO4/c26-19-10-8-17(9-11-19)22-21(23(29)18-4-2-1-3-5-18)24(30)25(31)27(22)15-14-16-6-12-20(28)13-7-16/h1-13,22,28-29H,14-15H2. The molecule has 2 N–H and O–H groups in total. The zero-order valence-electron chi connectivity index (χ0n) is 16.5. The largest absolute Gasteiger partial charge is 0.508 e. The molecule has 31 heavy (non-hydrogen) atoms. The normalized spacial score (nSPS) is 17.8. The quantitative estimate of drug-likeness (QED) is 0.347. The fourth-order valence-corrected chi connectivity index (χ4v) is 3.89. The molecule has 1 fully saturated rings. The second kappa shape index (κ2) is 8.66. The molecule has 0 spiro atoms. The van der Waals surface area contributed by atoms with Crippen molar-refractivity contribution in [3.63, 3.8) is 0 Å². The van der Waals surface area contributed by atoms with Crippen molar-refractivity contribution in [3.8, 4) is 5.75 Å². The van der Waals surface area contributed by atoms with E-state index in [1.807, 2.05) is 6.07 Å². The number of amides is 1. The van der Waals surface area contributed by atoms with Crippen molar-refractivity contribution in [1.29, 1.82) is 0 Å². The number of hydrogen-bond donors (Lipinski definition) is 2. The summed E-state index contributed by atoms with van der Waals surface area (Å²) in [6.45, 7) is 0.272. The summed E-state index contributed by atoms with van der Waals surface area (Å²) >= 11 is 6.03. The number of Topliss-reactive ketones (excluding diaryl/α,β-unsaturated/α-hetero) is 1. The lowest BCUT2D eigenvalue weighted by molar-refractivity contribution is -0.139. The monoisotopic (exact) mass is 433 g/mol. The van der Waals surface area contributed by atoms with Gasteiger partial charge in [-0.2, -0.15) is 0 Å². The molecular formula is C25H20ClNO4. The lowest BCUT2D eigenvalue weighted by Crippen LogP contribution is -2.31. The molecule has 1 unspecified atom stereocenters. The molecule has 1 aliphatic heterocycles. The summed E-state index contributed by atoms with van der Waals surface area (Å²) in [5.41, 5.74) is 2.13. The number of aliphatic hydroxyl groups excluding tert-OH is 1. The summed E-state index contributed by atoms with van der Waals surface area (Å²) in [6.07, 6.45) is 0.489. The van der Waals surface area contributed by atoms with Gasteiger partial charge in [0.05, 0.1) is 11.6 Å². The number of likely N-dealkylation sites (tertiary alicyclic amines) is 1. The Morgan fingerprint density at radius 2 is 1.55 bits per heavy atom. The molecule has 0 aliphatic carbocycles. The van der Waals surface area contributed by atoms with Crippen LogP contribution in [0.5, 0.6) is 5.75 Å². The number of halogens is 1. The first-order valence-electron chi connectivity index (χ1n) is 9.83. The van der Waals surface area contributed by atoms with E-state index in [-0.39, 0.29) is 23.6 Å². The van der Waals surface area contributed by atoms with E-state index in [0.717, 1.165) is 5.56 Å². The van der Waals surface area contributed by atoms with Crippen molar-refractivity contribution in [1.82, 2.24) is 4.90 Å². The van der Waals surface area contributed by atoms with Gasteiger partial charge < -0.3 is 15.1 Å². The summed E-state index contributed by atoms with van der Waals surface area (Å²) in [7, 11) is 0. The predicted molar refractivity (Wildman–Crippen MR) is 119 cm³/mol. The average Bonchev–Trinajstić information content (AvgIpc) is 3.04. The number of benzene rings is 3. The number of phenols is 1. The molecule has 1 heterocycles. The summed E-state index contributed by atoms with van der Waals surface area (Å²) < 4.78 is 0. The Labute approximate surface area is 184 Å². The predicted octanol–water partition coefficient (Wildman–Crippen LogP) is 4.71. The van der Waals surface area contributed by atoms with Gasteiger partial charge in [-0.25, -0.2) is 0 Å². The molecule has 0 saturated carbocycles. The number of hydrogen-bond acceptors (Lipinski definition) is 4. The van der Waals surface area contributed by atoms with Crippen LogP contribution in [0.25, 0.3) is 5.76 Å². The van der Waals surface area contributed by atoms with Gasteiger partial charge in [-0.3, -0.25) is 9.59 Å². The molecular weight excluding hydrogens is 414 g/mol. The Morgan fingerprint density at radius 3 is 2.19 bits per heavy atom. The molecule has 6 heteroatoms. The van der Waals surface area contributed by atoms with E-state index in [9.17, 15) is 19.8 Å². The van der Waals surface area contributed by atoms with Crippen LogP contribution in [0.1, 0.15) is 22.7 Å². The van der Waals surface area contributed by atoms with Crippen molar-refractivity contribution < 1.29 is 19.8 Å². The van der Waals surface area contributed by atoms with Crippen LogP contribution in [0.3, 0.4) is 0 Å². The van der Waals surface area contributed by atoms with Crippen LogP contribution in [0.15, 0.2) is 84.4 Å². The molecule has 3 aromatic carbocycles. The number of nitrogens with zero attached hydrogens (tertiary/aromatic N) is 1. The van der Waals surface area contributed by atoms with Gasteiger partial charge in [0, 0.05) is 17.1 Å². The zero-order chi connectivity index (χ0) is 22.0. The van der Waals surface area contributed by atoms with Crippen LogP contribution in [0.4, 0.5) is 0 Å². The topological polar surface area (TPSA) is 77.8 Å². The average molecular weight is 434 g/mol. The van der Waals surface area contributed by atoms with Gasteiger partial charge in [0.1, 0.15) is 11.5 Å². The number of aliphatic hydroxyl groups is 1. The van der Waals surface area contributed by atoms with Gasteiger partial charge in [-0.15, -0.1) is 0 Å². The SMILES string of the molecule is O=C1C(=O)N(CCc2ccc(O)cc2)C(c2ccc(Cl)cc2)C1=C(O)c1ccccc1. The second-order valence-electron chi connectivity index (χ2n) is 7.33. The number of aromatic hydroxyl groups is 1. The molecule has 1 amide bonds. The third-order valence-electron chi connectivity index (χ3n) is 5.35. The Balaban J connectivity index is 1.75. The molecule has 156 valence electrons. The summed E-state index contributed by atoms with van der Waals surface area (Å²) in [4.78, 5) is 27.4. The van der Waals surface area contributed by atoms with E-state index in [2.05, 4.69) is 0 Å². The maximum absolute atomic E-state index is 13.0. The first-order chi connectivity index (χ1) is 15.0. The van der Waals surface area contributed by atoms with Crippen LogP contribution < -0.4 is 0 Å². The van der Waals surface area contributed by atoms with Crippen molar-refractivity contribution in [2.24, 2.45) is 0 Å². The number of rotatable bonds is 5. The third-order valence-corrected chi connectivity index (χ3v) is 5.60. The van der Waals surface area contributed by atoms with Crippen molar-refractivity contribution in [3.05, 3.63) is 106 Å². The Morgan fingerprint density at radius 1 is 0.903 bits per heavy atom. The lowest BCUT2D eigenvalue weighted by Gasteiger charge is -2.25. The van der Waals surface area contributed by atoms with Crippen molar-refractivity contribution >= 4 is 29.1 Å². The van der Waals surface area contributed by atoms with Crippen molar-refractivity contribution in [2.45, 2.75) is 12.5 Å². The Bertz CT molecular complexity index is 1140. The Kier molecular flexibility index (Phi) is 5.78. The minimum absolute atomic E-state index is 0.0595. The highest BCUT2D eigenvalue weighted by Gasteiger charge is 2.45. The molecule has 0 bridgehead atoms. The van der Waals surface area contributed by atoms with Crippen LogP contribution in [0.2, 0.25) is 5.02 Å². The van der Waals surface area contributed by atoms with Crippen LogP contribution in [0, 0.1) is 0 Å². The first kappa shape index (κ1) is 20.7. The van der Waals surface area contributed by atoms with Gasteiger partial charge in [0.15, 0.2) is 0 Å². The number of ketones is 1. The van der Waals surface area contributed by atoms with Gasteiger partial charge in [0.25, 0.3) is 11.7 Å².